The quantitative estimate of drug-likeness (QED) is 0.705. The van der Waals surface area contributed by atoms with E-state index in [1.165, 1.54) is 12.3 Å². The zero-order valence-electron chi connectivity index (χ0n) is 8.34. The monoisotopic (exact) mass is 237 g/mol. The summed E-state index contributed by atoms with van der Waals surface area (Å²) < 4.78 is 26.0. The standard InChI is InChI=1S/C10H11N3O2S/c11-8-2-1-3-9(6-8)13-16(14,15)10-4-5-12-7-10/h1-7,12-13H,11H2. The summed E-state index contributed by atoms with van der Waals surface area (Å²) in [6.07, 6.45) is 2.96. The molecule has 84 valence electrons. The van der Waals surface area contributed by atoms with Crippen LogP contribution in [-0.2, 0) is 10.0 Å². The topological polar surface area (TPSA) is 88.0 Å². The Morgan fingerprint density at radius 1 is 1.25 bits per heavy atom. The Balaban J connectivity index is 2.29. The van der Waals surface area contributed by atoms with Crippen molar-refractivity contribution in [2.75, 3.05) is 10.5 Å². The second-order valence-electron chi connectivity index (χ2n) is 3.28. The lowest BCUT2D eigenvalue weighted by molar-refractivity contribution is 0.601. The molecule has 6 heteroatoms. The van der Waals surface area contributed by atoms with E-state index < -0.39 is 10.0 Å². The molecule has 0 aliphatic rings. The highest BCUT2D eigenvalue weighted by Gasteiger charge is 2.13. The Bertz CT molecular complexity index is 576. The van der Waals surface area contributed by atoms with Gasteiger partial charge in [0.2, 0.25) is 0 Å². The van der Waals surface area contributed by atoms with Crippen molar-refractivity contribution in [3.05, 3.63) is 42.7 Å². The molecule has 1 aromatic heterocycles. The minimum atomic E-state index is -3.52. The molecule has 0 amide bonds. The maximum atomic E-state index is 11.8. The van der Waals surface area contributed by atoms with Gasteiger partial charge in [-0.2, -0.15) is 0 Å². The molecule has 1 aromatic carbocycles. The SMILES string of the molecule is Nc1cccc(NS(=O)(=O)c2cc[nH]c2)c1. The van der Waals surface area contributed by atoms with Gasteiger partial charge in [0, 0.05) is 18.1 Å². The van der Waals surface area contributed by atoms with Crippen molar-refractivity contribution < 1.29 is 8.42 Å². The van der Waals surface area contributed by atoms with Gasteiger partial charge in [-0.3, -0.25) is 4.72 Å². The predicted octanol–water partition coefficient (Wildman–Crippen LogP) is 1.40. The highest BCUT2D eigenvalue weighted by atomic mass is 32.2. The van der Waals surface area contributed by atoms with Gasteiger partial charge in [-0.15, -0.1) is 0 Å². The Morgan fingerprint density at radius 3 is 2.69 bits per heavy atom. The number of nitrogen functional groups attached to an aromatic ring is 1. The fourth-order valence-electron chi connectivity index (χ4n) is 1.29. The summed E-state index contributed by atoms with van der Waals surface area (Å²) in [6.45, 7) is 0. The van der Waals surface area contributed by atoms with Gasteiger partial charge in [0.05, 0.1) is 5.69 Å². The minimum absolute atomic E-state index is 0.190. The van der Waals surface area contributed by atoms with Crippen molar-refractivity contribution in [1.82, 2.24) is 4.98 Å². The smallest absolute Gasteiger partial charge is 0.263 e. The average Bonchev–Trinajstić information content (AvgIpc) is 2.69. The zero-order chi connectivity index (χ0) is 11.6. The first-order valence-corrected chi connectivity index (χ1v) is 6.07. The molecule has 1 heterocycles. The van der Waals surface area contributed by atoms with E-state index in [2.05, 4.69) is 9.71 Å². The molecule has 0 saturated carbocycles. The van der Waals surface area contributed by atoms with Crippen LogP contribution in [0.1, 0.15) is 0 Å². The van der Waals surface area contributed by atoms with E-state index in [0.717, 1.165) is 0 Å². The first-order chi connectivity index (χ1) is 7.58. The van der Waals surface area contributed by atoms with Crippen LogP contribution in [0.15, 0.2) is 47.6 Å². The van der Waals surface area contributed by atoms with E-state index in [1.807, 2.05) is 0 Å². The predicted molar refractivity (Wildman–Crippen MR) is 62.5 cm³/mol. The van der Waals surface area contributed by atoms with Gasteiger partial charge in [-0.05, 0) is 24.3 Å². The van der Waals surface area contributed by atoms with Crippen molar-refractivity contribution in [2.45, 2.75) is 4.90 Å². The first kappa shape index (κ1) is 10.6. The van der Waals surface area contributed by atoms with Crippen LogP contribution in [0.25, 0.3) is 0 Å². The van der Waals surface area contributed by atoms with Crippen LogP contribution in [0.3, 0.4) is 0 Å². The molecule has 4 N–H and O–H groups in total. The molecule has 0 aliphatic carbocycles. The summed E-state index contributed by atoms with van der Waals surface area (Å²) in [6, 6.07) is 8.05. The van der Waals surface area contributed by atoms with Crippen LogP contribution < -0.4 is 10.5 Å². The molecule has 0 bridgehead atoms. The number of hydrogen-bond donors (Lipinski definition) is 3. The zero-order valence-corrected chi connectivity index (χ0v) is 9.16. The van der Waals surface area contributed by atoms with Crippen molar-refractivity contribution >= 4 is 21.4 Å². The first-order valence-electron chi connectivity index (χ1n) is 4.59. The van der Waals surface area contributed by atoms with E-state index in [-0.39, 0.29) is 4.90 Å². The lowest BCUT2D eigenvalue weighted by Crippen LogP contribution is -2.12. The molecule has 0 saturated heterocycles. The van der Waals surface area contributed by atoms with Crippen molar-refractivity contribution in [2.24, 2.45) is 0 Å². The van der Waals surface area contributed by atoms with E-state index >= 15 is 0 Å². The van der Waals surface area contributed by atoms with Gasteiger partial charge in [-0.1, -0.05) is 6.07 Å². The maximum Gasteiger partial charge on any atom is 0.263 e. The second kappa shape index (κ2) is 3.90. The van der Waals surface area contributed by atoms with Gasteiger partial charge in [0.1, 0.15) is 4.90 Å². The number of aromatic amines is 1. The van der Waals surface area contributed by atoms with E-state index in [1.54, 1.807) is 30.5 Å². The van der Waals surface area contributed by atoms with Crippen LogP contribution in [0.5, 0.6) is 0 Å². The summed E-state index contributed by atoms with van der Waals surface area (Å²) >= 11 is 0. The number of benzene rings is 1. The number of anilines is 2. The van der Waals surface area contributed by atoms with Gasteiger partial charge >= 0.3 is 0 Å². The molecule has 0 fully saturated rings. The summed E-state index contributed by atoms with van der Waals surface area (Å²) in [5.74, 6) is 0. The molecule has 0 atom stereocenters. The molecule has 0 spiro atoms. The van der Waals surface area contributed by atoms with E-state index in [0.29, 0.717) is 11.4 Å². The fraction of sp³-hybridized carbons (Fsp3) is 0. The lowest BCUT2D eigenvalue weighted by atomic mass is 10.3. The minimum Gasteiger partial charge on any atom is -0.399 e. The van der Waals surface area contributed by atoms with Crippen molar-refractivity contribution in [3.63, 3.8) is 0 Å². The Morgan fingerprint density at radius 2 is 2.06 bits per heavy atom. The summed E-state index contributed by atoms with van der Waals surface area (Å²) in [4.78, 5) is 2.88. The van der Waals surface area contributed by atoms with Crippen molar-refractivity contribution in [3.8, 4) is 0 Å². The van der Waals surface area contributed by atoms with Crippen LogP contribution in [0.2, 0.25) is 0 Å². The van der Waals surface area contributed by atoms with E-state index in [9.17, 15) is 8.42 Å². The largest absolute Gasteiger partial charge is 0.399 e. The third-order valence-corrected chi connectivity index (χ3v) is 3.40. The highest BCUT2D eigenvalue weighted by molar-refractivity contribution is 7.92. The molecule has 5 nitrogen and oxygen atoms in total. The third-order valence-electron chi connectivity index (χ3n) is 2.02. The average molecular weight is 237 g/mol. The van der Waals surface area contributed by atoms with Crippen molar-refractivity contribution in [1.29, 1.82) is 0 Å². The maximum absolute atomic E-state index is 11.8. The molecular weight excluding hydrogens is 226 g/mol. The van der Waals surface area contributed by atoms with Crippen LogP contribution in [0.4, 0.5) is 11.4 Å². The molecule has 0 unspecified atom stereocenters. The van der Waals surface area contributed by atoms with Gasteiger partial charge in [0.15, 0.2) is 0 Å². The molecule has 0 radical (unpaired) electrons. The number of nitrogens with two attached hydrogens (primary N) is 1. The number of H-pyrrole nitrogens is 1. The van der Waals surface area contributed by atoms with Crippen LogP contribution >= 0.6 is 0 Å². The normalized spacial score (nSPS) is 11.2. The summed E-state index contributed by atoms with van der Waals surface area (Å²) in [5.41, 5.74) is 6.51. The molecule has 0 aliphatic heterocycles. The number of sulfonamides is 1. The van der Waals surface area contributed by atoms with E-state index in [4.69, 9.17) is 5.73 Å². The number of hydrogen-bond acceptors (Lipinski definition) is 3. The number of nitrogens with one attached hydrogen (secondary N) is 2. The van der Waals surface area contributed by atoms with Crippen LogP contribution in [-0.4, -0.2) is 13.4 Å². The number of rotatable bonds is 3. The second-order valence-corrected chi connectivity index (χ2v) is 4.96. The van der Waals surface area contributed by atoms with Crippen LogP contribution in [0, 0.1) is 0 Å². The van der Waals surface area contributed by atoms with Gasteiger partial charge in [0.25, 0.3) is 10.0 Å². The lowest BCUT2D eigenvalue weighted by Gasteiger charge is -2.06. The molecule has 16 heavy (non-hydrogen) atoms. The Kier molecular flexibility index (Phi) is 2.57. The third kappa shape index (κ3) is 2.17. The molecule has 2 rings (SSSR count). The fourth-order valence-corrected chi connectivity index (χ4v) is 2.32. The van der Waals surface area contributed by atoms with Gasteiger partial charge < -0.3 is 10.7 Å². The Hall–Kier alpha value is -1.95. The Labute approximate surface area is 93.3 Å². The molecular formula is C10H11N3O2S. The highest BCUT2D eigenvalue weighted by Crippen LogP contribution is 2.17. The summed E-state index contributed by atoms with van der Waals surface area (Å²) in [5, 5.41) is 0. The summed E-state index contributed by atoms with van der Waals surface area (Å²) in [7, 11) is -3.52. The molecule has 2 aromatic rings. The number of aromatic nitrogens is 1. The van der Waals surface area contributed by atoms with Gasteiger partial charge in [-0.25, -0.2) is 8.42 Å².